The summed E-state index contributed by atoms with van der Waals surface area (Å²) in [5.41, 5.74) is 4.36. The van der Waals surface area contributed by atoms with Gasteiger partial charge in [0.2, 0.25) is 0 Å². The van der Waals surface area contributed by atoms with E-state index in [9.17, 15) is 4.79 Å². The normalized spacial score (nSPS) is 31.0. The summed E-state index contributed by atoms with van der Waals surface area (Å²) < 4.78 is 0. The first-order chi connectivity index (χ1) is 7.03. The zero-order valence-electron chi connectivity index (χ0n) is 10.0. The number of hydrogen-bond donors (Lipinski definition) is 0. The van der Waals surface area contributed by atoms with Gasteiger partial charge in [0.15, 0.2) is 5.78 Å². The van der Waals surface area contributed by atoms with Crippen LogP contribution in [-0.2, 0) is 4.79 Å². The Labute approximate surface area is 92.3 Å². The van der Waals surface area contributed by atoms with E-state index in [1.165, 1.54) is 30.4 Å². The lowest BCUT2D eigenvalue weighted by atomic mass is 9.65. The molecule has 0 aromatic heterocycles. The molecule has 0 heterocycles. The molecule has 1 nitrogen and oxygen atoms in total. The van der Waals surface area contributed by atoms with Crippen LogP contribution in [0, 0.1) is 5.41 Å². The van der Waals surface area contributed by atoms with Gasteiger partial charge < -0.3 is 0 Å². The molecule has 0 saturated carbocycles. The molecule has 0 saturated heterocycles. The van der Waals surface area contributed by atoms with Crippen molar-refractivity contribution in [3.05, 3.63) is 22.8 Å². The van der Waals surface area contributed by atoms with Crippen molar-refractivity contribution < 1.29 is 4.79 Å². The molecule has 0 amide bonds. The second-order valence-electron chi connectivity index (χ2n) is 5.33. The maximum atomic E-state index is 11.4. The van der Waals surface area contributed by atoms with Gasteiger partial charge in [-0.25, -0.2) is 0 Å². The number of Topliss-reactive ketones (excluding diaryl/α,β-unsaturated/α-hetero) is 1. The highest BCUT2D eigenvalue weighted by Crippen LogP contribution is 2.48. The summed E-state index contributed by atoms with van der Waals surface area (Å²) in [5.74, 6) is 0.253. The van der Waals surface area contributed by atoms with Gasteiger partial charge in [-0.3, -0.25) is 4.79 Å². The Hall–Kier alpha value is -0.850. The lowest BCUT2D eigenvalue weighted by molar-refractivity contribution is -0.113. The predicted octanol–water partition coefficient (Wildman–Crippen LogP) is 3.80. The number of rotatable bonds is 1. The van der Waals surface area contributed by atoms with Crippen molar-refractivity contribution in [1.29, 1.82) is 0 Å². The zero-order valence-corrected chi connectivity index (χ0v) is 10.0. The maximum Gasteiger partial charge on any atom is 0.155 e. The number of carbonyl (C=O) groups excluding carboxylic acids is 1. The minimum atomic E-state index is 0.253. The molecule has 1 unspecified atom stereocenters. The van der Waals surface area contributed by atoms with Crippen LogP contribution in [0.3, 0.4) is 0 Å². The van der Waals surface area contributed by atoms with Crippen molar-refractivity contribution >= 4 is 5.78 Å². The van der Waals surface area contributed by atoms with Gasteiger partial charge in [-0.15, -0.1) is 0 Å². The molecule has 2 aliphatic carbocycles. The van der Waals surface area contributed by atoms with Crippen molar-refractivity contribution in [2.75, 3.05) is 0 Å². The first-order valence-corrected chi connectivity index (χ1v) is 5.95. The first-order valence-electron chi connectivity index (χ1n) is 5.95. The van der Waals surface area contributed by atoms with Crippen molar-refractivity contribution in [3.63, 3.8) is 0 Å². The van der Waals surface area contributed by atoms with Crippen LogP contribution >= 0.6 is 0 Å². The Balaban J connectivity index is 2.44. The third-order valence-electron chi connectivity index (χ3n) is 4.11. The highest BCUT2D eigenvalue weighted by molar-refractivity contribution is 5.94. The molecule has 0 N–H and O–H groups in total. The molecule has 1 atom stereocenters. The molecule has 1 heteroatoms. The number of hydrogen-bond acceptors (Lipinski definition) is 1. The molecule has 2 rings (SSSR count). The quantitative estimate of drug-likeness (QED) is 0.635. The van der Waals surface area contributed by atoms with Gasteiger partial charge in [-0.1, -0.05) is 18.6 Å². The summed E-state index contributed by atoms with van der Waals surface area (Å²) >= 11 is 0. The first kappa shape index (κ1) is 10.7. The van der Waals surface area contributed by atoms with E-state index in [0.29, 0.717) is 5.41 Å². The van der Waals surface area contributed by atoms with Crippen LogP contribution in [0.2, 0.25) is 0 Å². The topological polar surface area (TPSA) is 17.1 Å². The fourth-order valence-corrected chi connectivity index (χ4v) is 3.02. The van der Waals surface area contributed by atoms with Gasteiger partial charge in [0, 0.05) is 0 Å². The van der Waals surface area contributed by atoms with E-state index >= 15 is 0 Å². The van der Waals surface area contributed by atoms with Crippen LogP contribution in [0.5, 0.6) is 0 Å². The Bertz CT molecular complexity index is 360. The summed E-state index contributed by atoms with van der Waals surface area (Å²) in [4.78, 5) is 11.4. The average molecular weight is 204 g/mol. The smallest absolute Gasteiger partial charge is 0.155 e. The summed E-state index contributed by atoms with van der Waals surface area (Å²) in [6, 6.07) is 0. The lowest BCUT2D eigenvalue weighted by Crippen LogP contribution is -2.27. The number of allylic oxidation sites excluding steroid dienone is 4. The predicted molar refractivity (Wildman–Crippen MR) is 62.7 cm³/mol. The summed E-state index contributed by atoms with van der Waals surface area (Å²) in [7, 11) is 0. The van der Waals surface area contributed by atoms with Crippen LogP contribution in [0.1, 0.15) is 52.9 Å². The molecule has 0 radical (unpaired) electrons. The molecular formula is C14H20O. The Morgan fingerprint density at radius 2 is 2.07 bits per heavy atom. The number of carbonyl (C=O) groups is 1. The van der Waals surface area contributed by atoms with Gasteiger partial charge in [-0.2, -0.15) is 0 Å². The lowest BCUT2D eigenvalue weighted by Gasteiger charge is -2.39. The van der Waals surface area contributed by atoms with E-state index in [2.05, 4.69) is 19.9 Å². The second-order valence-corrected chi connectivity index (χ2v) is 5.33. The molecule has 0 aromatic rings. The monoisotopic (exact) mass is 204 g/mol. The molecule has 0 bridgehead atoms. The van der Waals surface area contributed by atoms with E-state index in [0.717, 1.165) is 18.4 Å². The largest absolute Gasteiger partial charge is 0.295 e. The molecular weight excluding hydrogens is 184 g/mol. The number of fused-ring (bicyclic) bond motifs is 1. The number of ketones is 1. The minimum Gasteiger partial charge on any atom is -0.295 e. The standard InChI is InChI=1S/C14H20O/c1-10-5-4-7-14(3)8-6-12(11(2)15)9-13(10)14/h9H,4-8H2,1-3H3. The van der Waals surface area contributed by atoms with Gasteiger partial charge >= 0.3 is 0 Å². The maximum absolute atomic E-state index is 11.4. The average Bonchev–Trinajstić information content (AvgIpc) is 2.17. The third-order valence-corrected chi connectivity index (χ3v) is 4.11. The highest BCUT2D eigenvalue weighted by atomic mass is 16.1. The van der Waals surface area contributed by atoms with E-state index in [4.69, 9.17) is 0 Å². The fourth-order valence-electron chi connectivity index (χ4n) is 3.02. The minimum absolute atomic E-state index is 0.253. The Morgan fingerprint density at radius 1 is 1.33 bits per heavy atom. The van der Waals surface area contributed by atoms with Crippen LogP contribution in [0.25, 0.3) is 0 Å². The summed E-state index contributed by atoms with van der Waals surface area (Å²) in [6.07, 6.45) is 8.14. The van der Waals surface area contributed by atoms with Crippen LogP contribution in [-0.4, -0.2) is 5.78 Å². The molecule has 15 heavy (non-hydrogen) atoms. The molecule has 0 aromatic carbocycles. The van der Waals surface area contributed by atoms with Gasteiger partial charge in [0.1, 0.15) is 0 Å². The van der Waals surface area contributed by atoms with Crippen molar-refractivity contribution in [3.8, 4) is 0 Å². The van der Waals surface area contributed by atoms with E-state index < -0.39 is 0 Å². The van der Waals surface area contributed by atoms with Crippen molar-refractivity contribution in [2.45, 2.75) is 52.9 Å². The summed E-state index contributed by atoms with van der Waals surface area (Å²) in [5, 5.41) is 0. The van der Waals surface area contributed by atoms with E-state index in [1.807, 2.05) is 0 Å². The third kappa shape index (κ3) is 1.80. The summed E-state index contributed by atoms with van der Waals surface area (Å²) in [6.45, 7) is 6.28. The van der Waals surface area contributed by atoms with Gasteiger partial charge in [-0.05, 0) is 62.5 Å². The van der Waals surface area contributed by atoms with Gasteiger partial charge in [0.05, 0.1) is 0 Å². The van der Waals surface area contributed by atoms with Crippen LogP contribution in [0.4, 0.5) is 0 Å². The molecule has 0 fully saturated rings. The highest BCUT2D eigenvalue weighted by Gasteiger charge is 2.35. The van der Waals surface area contributed by atoms with Crippen LogP contribution < -0.4 is 0 Å². The Morgan fingerprint density at radius 3 is 2.73 bits per heavy atom. The SMILES string of the molecule is CC(=O)C1=CC2=C(C)CCCC2(C)CC1. The van der Waals surface area contributed by atoms with Crippen LogP contribution in [0.15, 0.2) is 22.8 Å². The molecule has 0 aliphatic heterocycles. The Kier molecular flexibility index (Phi) is 2.57. The fraction of sp³-hybridized carbons (Fsp3) is 0.643. The van der Waals surface area contributed by atoms with E-state index in [1.54, 1.807) is 6.92 Å². The van der Waals surface area contributed by atoms with Crippen molar-refractivity contribution in [1.82, 2.24) is 0 Å². The van der Waals surface area contributed by atoms with Gasteiger partial charge in [0.25, 0.3) is 0 Å². The van der Waals surface area contributed by atoms with Crippen molar-refractivity contribution in [2.24, 2.45) is 5.41 Å². The van der Waals surface area contributed by atoms with E-state index in [-0.39, 0.29) is 5.78 Å². The molecule has 2 aliphatic rings. The zero-order chi connectivity index (χ0) is 11.1. The molecule has 82 valence electrons. The second kappa shape index (κ2) is 3.62. The molecule has 0 spiro atoms.